The van der Waals surface area contributed by atoms with Gasteiger partial charge in [0.1, 0.15) is 12.6 Å². The number of hydrogen-bond acceptors (Lipinski definition) is 4. The van der Waals surface area contributed by atoms with E-state index in [-0.39, 0.29) is 24.9 Å². The van der Waals surface area contributed by atoms with E-state index >= 15 is 0 Å². The third-order valence-electron chi connectivity index (χ3n) is 7.92. The van der Waals surface area contributed by atoms with Crippen molar-refractivity contribution in [2.24, 2.45) is 0 Å². The van der Waals surface area contributed by atoms with Crippen LogP contribution >= 0.6 is 11.6 Å². The fraction of sp³-hybridized carbons (Fsp3) is 0.394. The van der Waals surface area contributed by atoms with Gasteiger partial charge in [0.05, 0.1) is 5.69 Å². The van der Waals surface area contributed by atoms with Crippen molar-refractivity contribution in [3.63, 3.8) is 0 Å². The maximum Gasteiger partial charge on any atom is 0.304 e. The van der Waals surface area contributed by atoms with Crippen molar-refractivity contribution in [3.05, 3.63) is 100 Å². The SMILES string of the molecule is Cc1ccc(C)c(N(CC(=O)N(Cc2ccccc2Cl)C(Cc2ccccc2)C(=O)NC2CCCC2)S(=O)(=O)N(C)C)c1. The molecule has 0 heterocycles. The lowest BCUT2D eigenvalue weighted by atomic mass is 10.0. The van der Waals surface area contributed by atoms with Crippen LogP contribution in [0.3, 0.4) is 0 Å². The van der Waals surface area contributed by atoms with Gasteiger partial charge in [0.25, 0.3) is 0 Å². The number of carbonyl (C=O) groups is 2. The summed E-state index contributed by atoms with van der Waals surface area (Å²) in [7, 11) is -1.20. The Labute approximate surface area is 260 Å². The highest BCUT2D eigenvalue weighted by molar-refractivity contribution is 7.90. The quantitative estimate of drug-likeness (QED) is 0.297. The summed E-state index contributed by atoms with van der Waals surface area (Å²) < 4.78 is 29.6. The van der Waals surface area contributed by atoms with E-state index in [1.807, 2.05) is 68.4 Å². The molecule has 4 rings (SSSR count). The van der Waals surface area contributed by atoms with Gasteiger partial charge in [-0.3, -0.25) is 9.59 Å². The largest absolute Gasteiger partial charge is 0.352 e. The Morgan fingerprint density at radius 1 is 0.953 bits per heavy atom. The first-order chi connectivity index (χ1) is 20.5. The van der Waals surface area contributed by atoms with Crippen LogP contribution in [-0.4, -0.2) is 62.2 Å². The summed E-state index contributed by atoms with van der Waals surface area (Å²) in [5.41, 5.74) is 3.53. The number of nitrogens with zero attached hydrogens (tertiary/aromatic N) is 3. The minimum atomic E-state index is -4.07. The third-order valence-corrected chi connectivity index (χ3v) is 10.1. The number of carbonyl (C=O) groups excluding carboxylic acids is 2. The summed E-state index contributed by atoms with van der Waals surface area (Å²) in [5, 5.41) is 3.64. The van der Waals surface area contributed by atoms with Gasteiger partial charge in [0, 0.05) is 38.1 Å². The van der Waals surface area contributed by atoms with E-state index in [0.717, 1.165) is 45.4 Å². The summed E-state index contributed by atoms with van der Waals surface area (Å²) in [6.45, 7) is 3.23. The van der Waals surface area contributed by atoms with Crippen LogP contribution in [-0.2, 0) is 32.8 Å². The molecule has 0 saturated heterocycles. The van der Waals surface area contributed by atoms with Crippen LogP contribution in [0, 0.1) is 13.8 Å². The number of amides is 2. The molecule has 1 fully saturated rings. The van der Waals surface area contributed by atoms with Gasteiger partial charge >= 0.3 is 10.2 Å². The molecule has 0 aliphatic heterocycles. The molecule has 1 atom stereocenters. The zero-order valence-electron chi connectivity index (χ0n) is 25.3. The van der Waals surface area contributed by atoms with Gasteiger partial charge < -0.3 is 10.2 Å². The van der Waals surface area contributed by atoms with Crippen LogP contribution in [0.15, 0.2) is 72.8 Å². The average molecular weight is 625 g/mol. The molecule has 1 aliphatic rings. The van der Waals surface area contributed by atoms with E-state index in [1.165, 1.54) is 19.0 Å². The van der Waals surface area contributed by atoms with Crippen molar-refractivity contribution in [2.45, 2.75) is 64.6 Å². The molecule has 2 amide bonds. The maximum atomic E-state index is 14.5. The Morgan fingerprint density at radius 2 is 1.60 bits per heavy atom. The Balaban J connectivity index is 1.79. The van der Waals surface area contributed by atoms with Crippen molar-refractivity contribution in [2.75, 3.05) is 24.9 Å². The Bertz CT molecular complexity index is 1520. The molecule has 1 N–H and O–H groups in total. The van der Waals surface area contributed by atoms with Crippen molar-refractivity contribution in [3.8, 4) is 0 Å². The van der Waals surface area contributed by atoms with E-state index in [4.69, 9.17) is 11.6 Å². The first-order valence-electron chi connectivity index (χ1n) is 14.6. The molecule has 43 heavy (non-hydrogen) atoms. The molecular weight excluding hydrogens is 584 g/mol. The number of benzene rings is 3. The second kappa shape index (κ2) is 14.4. The smallest absolute Gasteiger partial charge is 0.304 e. The lowest BCUT2D eigenvalue weighted by Crippen LogP contribution is -2.55. The van der Waals surface area contributed by atoms with E-state index < -0.39 is 28.7 Å². The summed E-state index contributed by atoms with van der Waals surface area (Å²) >= 11 is 6.56. The van der Waals surface area contributed by atoms with Gasteiger partial charge in [-0.15, -0.1) is 0 Å². The lowest BCUT2D eigenvalue weighted by Gasteiger charge is -2.35. The molecule has 3 aromatic carbocycles. The fourth-order valence-corrected chi connectivity index (χ4v) is 6.73. The first-order valence-corrected chi connectivity index (χ1v) is 16.4. The van der Waals surface area contributed by atoms with Crippen molar-refractivity contribution in [1.82, 2.24) is 14.5 Å². The van der Waals surface area contributed by atoms with Crippen LogP contribution in [0.2, 0.25) is 5.02 Å². The zero-order valence-corrected chi connectivity index (χ0v) is 26.9. The number of anilines is 1. The number of rotatable bonds is 12. The van der Waals surface area contributed by atoms with Gasteiger partial charge in [-0.05, 0) is 61.1 Å². The predicted octanol–water partition coefficient (Wildman–Crippen LogP) is 5.27. The molecule has 0 radical (unpaired) electrons. The van der Waals surface area contributed by atoms with E-state index in [0.29, 0.717) is 21.8 Å². The van der Waals surface area contributed by atoms with Crippen LogP contribution in [0.25, 0.3) is 0 Å². The Hall–Kier alpha value is -3.40. The highest BCUT2D eigenvalue weighted by Crippen LogP contribution is 2.27. The summed E-state index contributed by atoms with van der Waals surface area (Å²) in [6.07, 6.45) is 4.14. The summed E-state index contributed by atoms with van der Waals surface area (Å²) in [6, 6.07) is 21.4. The normalized spacial score (nSPS) is 14.5. The highest BCUT2D eigenvalue weighted by atomic mass is 35.5. The van der Waals surface area contributed by atoms with Crippen LogP contribution in [0.1, 0.15) is 47.9 Å². The van der Waals surface area contributed by atoms with Gasteiger partial charge in [0.15, 0.2) is 0 Å². The molecular formula is C33H41ClN4O4S. The number of hydrogen-bond donors (Lipinski definition) is 1. The summed E-state index contributed by atoms with van der Waals surface area (Å²) in [4.78, 5) is 30.0. The second-order valence-electron chi connectivity index (χ2n) is 11.4. The molecule has 0 spiro atoms. The molecule has 230 valence electrons. The Kier molecular flexibility index (Phi) is 10.9. The molecule has 1 saturated carbocycles. The molecule has 0 aromatic heterocycles. The highest BCUT2D eigenvalue weighted by Gasteiger charge is 2.36. The van der Waals surface area contributed by atoms with Gasteiger partial charge in [-0.2, -0.15) is 12.7 Å². The molecule has 8 nitrogen and oxygen atoms in total. The van der Waals surface area contributed by atoms with Crippen molar-refractivity contribution < 1.29 is 18.0 Å². The van der Waals surface area contributed by atoms with Gasteiger partial charge in [0.2, 0.25) is 11.8 Å². The fourth-order valence-electron chi connectivity index (χ4n) is 5.42. The third kappa shape index (κ3) is 8.16. The van der Waals surface area contributed by atoms with Crippen LogP contribution in [0.5, 0.6) is 0 Å². The maximum absolute atomic E-state index is 14.5. The monoisotopic (exact) mass is 624 g/mol. The van der Waals surface area contributed by atoms with Gasteiger partial charge in [-0.25, -0.2) is 4.31 Å². The minimum Gasteiger partial charge on any atom is -0.352 e. The van der Waals surface area contributed by atoms with Crippen LogP contribution in [0.4, 0.5) is 5.69 Å². The minimum absolute atomic E-state index is 0.0384. The second-order valence-corrected chi connectivity index (χ2v) is 13.9. The van der Waals surface area contributed by atoms with E-state index in [9.17, 15) is 18.0 Å². The zero-order chi connectivity index (χ0) is 31.1. The standard InChI is InChI=1S/C33H41ClN4O4S/c1-24-18-19-25(2)30(20-24)38(43(41,42)36(3)4)23-32(39)37(22-27-14-8-11-17-29(27)34)31(21-26-12-6-5-7-13-26)33(40)35-28-15-9-10-16-28/h5-8,11-14,17-20,28,31H,9-10,15-16,21-23H2,1-4H3,(H,35,40). The number of nitrogens with one attached hydrogen (secondary N) is 1. The predicted molar refractivity (Wildman–Crippen MR) is 172 cm³/mol. The average Bonchev–Trinajstić information content (AvgIpc) is 3.49. The summed E-state index contributed by atoms with van der Waals surface area (Å²) in [5.74, 6) is -0.765. The molecule has 3 aromatic rings. The first kappa shape index (κ1) is 32.5. The van der Waals surface area contributed by atoms with E-state index in [1.54, 1.807) is 18.2 Å². The van der Waals surface area contributed by atoms with Crippen LogP contribution < -0.4 is 9.62 Å². The topological polar surface area (TPSA) is 90.0 Å². The number of halogens is 1. The van der Waals surface area contributed by atoms with Crippen molar-refractivity contribution in [1.29, 1.82) is 0 Å². The number of aryl methyl sites for hydroxylation is 2. The molecule has 1 unspecified atom stereocenters. The van der Waals surface area contributed by atoms with E-state index in [2.05, 4.69) is 5.32 Å². The van der Waals surface area contributed by atoms with Gasteiger partial charge in [-0.1, -0.05) is 85.1 Å². The molecule has 0 bridgehead atoms. The van der Waals surface area contributed by atoms with Crippen molar-refractivity contribution >= 4 is 39.3 Å². The Morgan fingerprint density at radius 3 is 2.26 bits per heavy atom. The molecule has 10 heteroatoms. The molecule has 1 aliphatic carbocycles. The lowest BCUT2D eigenvalue weighted by molar-refractivity contribution is -0.140.